The highest BCUT2D eigenvalue weighted by Gasteiger charge is 2.32. The van der Waals surface area contributed by atoms with Gasteiger partial charge in [-0.3, -0.25) is 14.8 Å². The van der Waals surface area contributed by atoms with E-state index in [0.29, 0.717) is 18.6 Å². The largest absolute Gasteiger partial charge is 0.497 e. The molecule has 3 heterocycles. The maximum absolute atomic E-state index is 6.08. The number of aliphatic imine (C=N–C) groups is 1. The van der Waals surface area contributed by atoms with Gasteiger partial charge in [-0.05, 0) is 50.4 Å². The highest BCUT2D eigenvalue weighted by molar-refractivity contribution is 14.0. The van der Waals surface area contributed by atoms with Crippen LogP contribution in [0.5, 0.6) is 11.5 Å². The monoisotopic (exact) mass is 573 g/mol. The minimum Gasteiger partial charge on any atom is -0.497 e. The molecular formula is C24H40IN5O3. The fourth-order valence-electron chi connectivity index (χ4n) is 5.01. The molecular weight excluding hydrogens is 533 g/mol. The first-order valence-electron chi connectivity index (χ1n) is 12.0. The summed E-state index contributed by atoms with van der Waals surface area (Å²) in [6.45, 7) is 9.67. The molecule has 0 aliphatic carbocycles. The van der Waals surface area contributed by atoms with Crippen molar-refractivity contribution in [3.8, 4) is 11.5 Å². The second-order valence-corrected chi connectivity index (χ2v) is 9.05. The van der Waals surface area contributed by atoms with Gasteiger partial charge in [0.25, 0.3) is 0 Å². The van der Waals surface area contributed by atoms with E-state index in [1.165, 1.54) is 24.9 Å². The Morgan fingerprint density at radius 3 is 2.64 bits per heavy atom. The Morgan fingerprint density at radius 1 is 1.12 bits per heavy atom. The number of benzene rings is 1. The zero-order valence-corrected chi connectivity index (χ0v) is 22.5. The van der Waals surface area contributed by atoms with Crippen LogP contribution in [0.15, 0.2) is 23.2 Å². The molecule has 0 spiro atoms. The van der Waals surface area contributed by atoms with Crippen molar-refractivity contribution in [2.24, 2.45) is 4.99 Å². The molecule has 8 nitrogen and oxygen atoms in total. The number of methoxy groups -OCH3 is 2. The van der Waals surface area contributed by atoms with Crippen molar-refractivity contribution in [1.29, 1.82) is 0 Å². The summed E-state index contributed by atoms with van der Waals surface area (Å²) in [6.07, 6.45) is 3.87. The lowest BCUT2D eigenvalue weighted by molar-refractivity contribution is -0.0432. The molecule has 2 N–H and O–H groups in total. The maximum Gasteiger partial charge on any atom is 0.191 e. The van der Waals surface area contributed by atoms with Crippen molar-refractivity contribution in [1.82, 2.24) is 20.4 Å². The fraction of sp³-hybridized carbons (Fsp3) is 0.708. The van der Waals surface area contributed by atoms with Crippen LogP contribution in [0.1, 0.15) is 31.7 Å². The number of hydrogen-bond acceptors (Lipinski definition) is 6. The summed E-state index contributed by atoms with van der Waals surface area (Å²) >= 11 is 0. The molecule has 1 aromatic carbocycles. The van der Waals surface area contributed by atoms with E-state index in [0.717, 1.165) is 63.2 Å². The molecule has 33 heavy (non-hydrogen) atoms. The molecule has 3 aliphatic rings. The quantitative estimate of drug-likeness (QED) is 0.281. The number of nitrogens with zero attached hydrogens (tertiary/aromatic N) is 3. The average Bonchev–Trinajstić information content (AvgIpc) is 3.46. The van der Waals surface area contributed by atoms with Crippen LogP contribution in [0.4, 0.5) is 0 Å². The number of likely N-dealkylation sites (tertiary alicyclic amines) is 1. The molecule has 0 radical (unpaired) electrons. The van der Waals surface area contributed by atoms with E-state index in [-0.39, 0.29) is 30.1 Å². The number of nitrogens with one attached hydrogen (secondary N) is 2. The number of halogens is 1. The molecule has 1 aromatic rings. The van der Waals surface area contributed by atoms with Gasteiger partial charge in [0.05, 0.1) is 33.5 Å². The van der Waals surface area contributed by atoms with Crippen molar-refractivity contribution in [3.63, 3.8) is 0 Å². The van der Waals surface area contributed by atoms with Gasteiger partial charge in [-0.2, -0.15) is 0 Å². The number of rotatable bonds is 8. The van der Waals surface area contributed by atoms with E-state index in [9.17, 15) is 0 Å². The van der Waals surface area contributed by atoms with E-state index >= 15 is 0 Å². The summed E-state index contributed by atoms with van der Waals surface area (Å²) in [5.74, 6) is 2.56. The Morgan fingerprint density at radius 2 is 1.91 bits per heavy atom. The fourth-order valence-corrected chi connectivity index (χ4v) is 5.01. The van der Waals surface area contributed by atoms with Gasteiger partial charge in [0.15, 0.2) is 5.96 Å². The maximum atomic E-state index is 6.08. The molecule has 3 saturated heterocycles. The zero-order chi connectivity index (χ0) is 22.3. The zero-order valence-electron chi connectivity index (χ0n) is 20.2. The Hall–Kier alpha value is -1.30. The molecule has 9 heteroatoms. The first-order valence-corrected chi connectivity index (χ1v) is 12.0. The van der Waals surface area contributed by atoms with Crippen LogP contribution >= 0.6 is 24.0 Å². The van der Waals surface area contributed by atoms with Crippen LogP contribution in [-0.2, 0) is 11.3 Å². The van der Waals surface area contributed by atoms with Crippen molar-refractivity contribution < 1.29 is 14.2 Å². The van der Waals surface area contributed by atoms with Gasteiger partial charge in [-0.1, -0.05) is 0 Å². The molecule has 3 unspecified atom stereocenters. The Balaban J connectivity index is 0.00000306. The van der Waals surface area contributed by atoms with E-state index in [1.807, 2.05) is 6.07 Å². The van der Waals surface area contributed by atoms with E-state index in [4.69, 9.17) is 19.2 Å². The first-order chi connectivity index (χ1) is 15.7. The third kappa shape index (κ3) is 7.34. The smallest absolute Gasteiger partial charge is 0.191 e. The Labute approximate surface area is 215 Å². The third-order valence-corrected chi connectivity index (χ3v) is 6.69. The van der Waals surface area contributed by atoms with Crippen LogP contribution < -0.4 is 20.1 Å². The van der Waals surface area contributed by atoms with E-state index in [2.05, 4.69) is 39.5 Å². The highest BCUT2D eigenvalue weighted by Crippen LogP contribution is 2.25. The third-order valence-electron chi connectivity index (χ3n) is 6.69. The molecule has 0 amide bonds. The van der Waals surface area contributed by atoms with Crippen molar-refractivity contribution in [2.75, 3.05) is 60.1 Å². The van der Waals surface area contributed by atoms with E-state index in [1.54, 1.807) is 14.2 Å². The Bertz CT molecular complexity index is 758. The summed E-state index contributed by atoms with van der Waals surface area (Å²) in [5.41, 5.74) is 1.21. The van der Waals surface area contributed by atoms with Gasteiger partial charge < -0.3 is 24.8 Å². The normalized spacial score (nSPS) is 25.9. The molecule has 3 aliphatic heterocycles. The predicted molar refractivity (Wildman–Crippen MR) is 142 cm³/mol. The van der Waals surface area contributed by atoms with Crippen molar-refractivity contribution >= 4 is 29.9 Å². The van der Waals surface area contributed by atoms with E-state index < -0.39 is 0 Å². The number of fused-ring (bicyclic) bond motifs is 1. The molecule has 0 bridgehead atoms. The van der Waals surface area contributed by atoms with Crippen LogP contribution in [0.25, 0.3) is 0 Å². The highest BCUT2D eigenvalue weighted by atomic mass is 127. The Kier molecular flexibility index (Phi) is 10.3. The summed E-state index contributed by atoms with van der Waals surface area (Å²) < 4.78 is 16.9. The molecule has 186 valence electrons. The van der Waals surface area contributed by atoms with Crippen LogP contribution in [0, 0.1) is 0 Å². The first kappa shape index (κ1) is 26.3. The van der Waals surface area contributed by atoms with Crippen LogP contribution in [0.2, 0.25) is 0 Å². The minimum atomic E-state index is 0. The van der Waals surface area contributed by atoms with Gasteiger partial charge in [-0.25, -0.2) is 0 Å². The number of ether oxygens (including phenoxy) is 3. The van der Waals surface area contributed by atoms with Crippen molar-refractivity contribution in [2.45, 2.75) is 50.9 Å². The molecule has 0 saturated carbocycles. The summed E-state index contributed by atoms with van der Waals surface area (Å²) in [6, 6.07) is 7.11. The minimum absolute atomic E-state index is 0. The SMILES string of the molecule is CCNC(=NCC1CN2CCCC2CO1)NC1CCN(Cc2cc(OC)cc(OC)c2)C1.I. The number of guanidine groups is 1. The second-order valence-electron chi connectivity index (χ2n) is 9.05. The van der Waals surface area contributed by atoms with Crippen LogP contribution in [0.3, 0.4) is 0 Å². The predicted octanol–water partition coefficient (Wildman–Crippen LogP) is 2.31. The number of hydrogen-bond donors (Lipinski definition) is 2. The lowest BCUT2D eigenvalue weighted by Crippen LogP contribution is -2.48. The number of morpholine rings is 1. The summed E-state index contributed by atoms with van der Waals surface area (Å²) in [5, 5.41) is 7.05. The average molecular weight is 574 g/mol. The lowest BCUT2D eigenvalue weighted by atomic mass is 10.2. The van der Waals surface area contributed by atoms with Crippen LogP contribution in [-0.4, -0.2) is 94.0 Å². The van der Waals surface area contributed by atoms with Crippen molar-refractivity contribution in [3.05, 3.63) is 23.8 Å². The van der Waals surface area contributed by atoms with Gasteiger partial charge in [-0.15, -0.1) is 24.0 Å². The summed E-state index contributed by atoms with van der Waals surface area (Å²) in [4.78, 5) is 9.90. The second kappa shape index (κ2) is 13.0. The molecule has 4 rings (SSSR count). The molecule has 3 fully saturated rings. The van der Waals surface area contributed by atoms with Gasteiger partial charge in [0.1, 0.15) is 11.5 Å². The summed E-state index contributed by atoms with van der Waals surface area (Å²) in [7, 11) is 3.38. The standard InChI is InChI=1S/C24H39N5O3.HI/c1-4-25-24(26-13-23-16-29-8-5-6-20(29)17-32-23)27-19-7-9-28(15-19)14-18-10-21(30-2)12-22(11-18)31-3;/h10-12,19-20,23H,4-9,13-17H2,1-3H3,(H2,25,26,27);1H. The van der Waals surface area contributed by atoms with Gasteiger partial charge in [0.2, 0.25) is 0 Å². The lowest BCUT2D eigenvalue weighted by Gasteiger charge is -2.34. The topological polar surface area (TPSA) is 70.6 Å². The molecule has 3 atom stereocenters. The van der Waals surface area contributed by atoms with Gasteiger partial charge in [0, 0.05) is 50.9 Å². The van der Waals surface area contributed by atoms with Gasteiger partial charge >= 0.3 is 0 Å². The molecule has 0 aromatic heterocycles.